The van der Waals surface area contributed by atoms with E-state index in [1.54, 1.807) is 6.92 Å². The number of rotatable bonds is 0. The molecule has 3 nitrogen and oxygen atoms in total. The maximum atomic E-state index is 11.5. The van der Waals surface area contributed by atoms with Crippen LogP contribution in [0.3, 0.4) is 0 Å². The second kappa shape index (κ2) is 2.02. The van der Waals surface area contributed by atoms with E-state index in [0.29, 0.717) is 0 Å². The maximum Gasteiger partial charge on any atom is 0.240 e. The third-order valence-corrected chi connectivity index (χ3v) is 3.76. The lowest BCUT2D eigenvalue weighted by atomic mass is 9.66. The van der Waals surface area contributed by atoms with Gasteiger partial charge in [0.2, 0.25) is 5.91 Å². The van der Waals surface area contributed by atoms with E-state index in [1.165, 1.54) is 0 Å². The average Bonchev–Trinajstić information content (AvgIpc) is 1.92. The van der Waals surface area contributed by atoms with E-state index in [9.17, 15) is 4.79 Å². The van der Waals surface area contributed by atoms with Crippen LogP contribution in [0.15, 0.2) is 0 Å². The maximum absolute atomic E-state index is 11.5. The summed E-state index contributed by atoms with van der Waals surface area (Å²) in [5.74, 6) is -0.0579. The standard InChI is InChI=1S/C9H18N2O/c1-7(2)8(3,4)11-6(12)9(7,5)10/h10H2,1-5H3,(H,11,12). The molecule has 12 heavy (non-hydrogen) atoms. The van der Waals surface area contributed by atoms with Crippen LogP contribution in [0.1, 0.15) is 34.6 Å². The summed E-state index contributed by atoms with van der Waals surface area (Å²) >= 11 is 0. The zero-order chi connectivity index (χ0) is 9.78. The summed E-state index contributed by atoms with van der Waals surface area (Å²) in [4.78, 5) is 11.5. The monoisotopic (exact) mass is 170 g/mol. The quantitative estimate of drug-likeness (QED) is 0.560. The van der Waals surface area contributed by atoms with Gasteiger partial charge in [-0.3, -0.25) is 4.79 Å². The fraction of sp³-hybridized carbons (Fsp3) is 0.889. The molecule has 0 radical (unpaired) electrons. The van der Waals surface area contributed by atoms with Crippen LogP contribution in [0.5, 0.6) is 0 Å². The van der Waals surface area contributed by atoms with Crippen molar-refractivity contribution in [2.24, 2.45) is 11.1 Å². The number of nitrogens with two attached hydrogens (primary N) is 1. The van der Waals surface area contributed by atoms with Gasteiger partial charge in [-0.2, -0.15) is 0 Å². The highest BCUT2D eigenvalue weighted by atomic mass is 16.2. The summed E-state index contributed by atoms with van der Waals surface area (Å²) in [5, 5.41) is 2.91. The molecule has 1 unspecified atom stereocenters. The van der Waals surface area contributed by atoms with Crippen molar-refractivity contribution in [3.63, 3.8) is 0 Å². The van der Waals surface area contributed by atoms with E-state index in [1.807, 2.05) is 27.7 Å². The van der Waals surface area contributed by atoms with Gasteiger partial charge in [-0.05, 0) is 20.8 Å². The summed E-state index contributed by atoms with van der Waals surface area (Å²) in [6, 6.07) is 0. The Labute approximate surface area is 73.7 Å². The van der Waals surface area contributed by atoms with Gasteiger partial charge < -0.3 is 11.1 Å². The molecule has 0 aromatic rings. The number of amides is 1. The Bertz CT molecular complexity index is 229. The van der Waals surface area contributed by atoms with Crippen molar-refractivity contribution in [2.45, 2.75) is 45.7 Å². The SMILES string of the molecule is CC1(C)NC(=O)C(C)(N)C1(C)C. The Balaban J connectivity index is 3.19. The minimum Gasteiger partial charge on any atom is -0.349 e. The zero-order valence-corrected chi connectivity index (χ0v) is 8.49. The van der Waals surface area contributed by atoms with Gasteiger partial charge in [0.1, 0.15) is 0 Å². The molecular weight excluding hydrogens is 152 g/mol. The second-order valence-corrected chi connectivity index (χ2v) is 4.91. The van der Waals surface area contributed by atoms with Crippen LogP contribution in [0.4, 0.5) is 0 Å². The summed E-state index contributed by atoms with van der Waals surface area (Å²) in [5.41, 5.74) is 4.74. The Morgan fingerprint density at radius 2 is 1.58 bits per heavy atom. The molecule has 1 atom stereocenters. The molecule has 70 valence electrons. The van der Waals surface area contributed by atoms with Gasteiger partial charge in [0.15, 0.2) is 0 Å². The largest absolute Gasteiger partial charge is 0.349 e. The van der Waals surface area contributed by atoms with Crippen LogP contribution in [0, 0.1) is 5.41 Å². The first-order valence-corrected chi connectivity index (χ1v) is 4.24. The summed E-state index contributed by atoms with van der Waals surface area (Å²) in [6.45, 7) is 9.83. The summed E-state index contributed by atoms with van der Waals surface area (Å²) in [7, 11) is 0. The van der Waals surface area contributed by atoms with Gasteiger partial charge in [0.05, 0.1) is 5.54 Å². The minimum atomic E-state index is -0.767. The molecule has 3 N–H and O–H groups in total. The molecule has 1 heterocycles. The van der Waals surface area contributed by atoms with Crippen molar-refractivity contribution in [3.8, 4) is 0 Å². The molecule has 1 aliphatic heterocycles. The second-order valence-electron chi connectivity index (χ2n) is 4.91. The van der Waals surface area contributed by atoms with Gasteiger partial charge >= 0.3 is 0 Å². The minimum absolute atomic E-state index is 0.0579. The number of hydrogen-bond donors (Lipinski definition) is 2. The first-order valence-electron chi connectivity index (χ1n) is 4.24. The van der Waals surface area contributed by atoms with Crippen molar-refractivity contribution in [3.05, 3.63) is 0 Å². The summed E-state index contributed by atoms with van der Waals surface area (Å²) in [6.07, 6.45) is 0. The molecule has 0 aromatic heterocycles. The van der Waals surface area contributed by atoms with E-state index >= 15 is 0 Å². The van der Waals surface area contributed by atoms with Crippen molar-refractivity contribution >= 4 is 5.91 Å². The van der Waals surface area contributed by atoms with E-state index in [0.717, 1.165) is 0 Å². The number of carbonyl (C=O) groups excluding carboxylic acids is 1. The first-order chi connectivity index (χ1) is 5.13. The number of hydrogen-bond acceptors (Lipinski definition) is 2. The van der Waals surface area contributed by atoms with Crippen molar-refractivity contribution in [1.29, 1.82) is 0 Å². The molecule has 1 amide bonds. The molecule has 1 saturated heterocycles. The first kappa shape index (κ1) is 9.52. The molecule has 0 bridgehead atoms. The molecule has 0 spiro atoms. The predicted octanol–water partition coefficient (Wildman–Crippen LogP) is 0.638. The fourth-order valence-corrected chi connectivity index (χ4v) is 1.50. The smallest absolute Gasteiger partial charge is 0.240 e. The molecular formula is C9H18N2O. The van der Waals surface area contributed by atoms with Crippen LogP contribution < -0.4 is 11.1 Å². The van der Waals surface area contributed by atoms with Crippen LogP contribution in [0.25, 0.3) is 0 Å². The predicted molar refractivity (Wildman–Crippen MR) is 48.6 cm³/mol. The zero-order valence-electron chi connectivity index (χ0n) is 8.49. The highest BCUT2D eigenvalue weighted by molar-refractivity contribution is 5.90. The van der Waals surface area contributed by atoms with Gasteiger partial charge in [-0.25, -0.2) is 0 Å². The number of nitrogens with one attached hydrogen (secondary N) is 1. The van der Waals surface area contributed by atoms with Gasteiger partial charge in [0.25, 0.3) is 0 Å². The van der Waals surface area contributed by atoms with Crippen LogP contribution >= 0.6 is 0 Å². The Morgan fingerprint density at radius 3 is 1.67 bits per heavy atom. The van der Waals surface area contributed by atoms with Crippen molar-refractivity contribution in [1.82, 2.24) is 5.32 Å². The van der Waals surface area contributed by atoms with E-state index in [2.05, 4.69) is 5.32 Å². The van der Waals surface area contributed by atoms with E-state index in [-0.39, 0.29) is 16.9 Å². The lowest BCUT2D eigenvalue weighted by molar-refractivity contribution is -0.124. The highest BCUT2D eigenvalue weighted by Crippen LogP contribution is 2.44. The third-order valence-electron chi connectivity index (χ3n) is 3.76. The normalized spacial score (nSPS) is 38.0. The molecule has 0 saturated carbocycles. The van der Waals surface area contributed by atoms with Gasteiger partial charge in [-0.1, -0.05) is 13.8 Å². The Morgan fingerprint density at radius 1 is 1.17 bits per heavy atom. The van der Waals surface area contributed by atoms with Crippen LogP contribution in [0.2, 0.25) is 0 Å². The van der Waals surface area contributed by atoms with Crippen molar-refractivity contribution in [2.75, 3.05) is 0 Å². The number of carbonyl (C=O) groups is 1. The molecule has 3 heteroatoms. The highest BCUT2D eigenvalue weighted by Gasteiger charge is 2.59. The lowest BCUT2D eigenvalue weighted by Crippen LogP contribution is -2.55. The Kier molecular flexibility index (Phi) is 1.60. The molecule has 0 aliphatic carbocycles. The molecule has 1 aliphatic rings. The lowest BCUT2D eigenvalue weighted by Gasteiger charge is -2.40. The molecule has 1 rings (SSSR count). The van der Waals surface area contributed by atoms with Crippen LogP contribution in [-0.2, 0) is 4.79 Å². The van der Waals surface area contributed by atoms with Gasteiger partial charge in [-0.15, -0.1) is 0 Å². The van der Waals surface area contributed by atoms with E-state index < -0.39 is 5.54 Å². The molecule has 0 aromatic carbocycles. The molecule has 1 fully saturated rings. The van der Waals surface area contributed by atoms with Gasteiger partial charge in [0, 0.05) is 11.0 Å². The Hall–Kier alpha value is -0.570. The van der Waals surface area contributed by atoms with Crippen LogP contribution in [-0.4, -0.2) is 17.0 Å². The topological polar surface area (TPSA) is 55.1 Å². The van der Waals surface area contributed by atoms with E-state index in [4.69, 9.17) is 5.73 Å². The third kappa shape index (κ3) is 0.829. The average molecular weight is 170 g/mol. The fourth-order valence-electron chi connectivity index (χ4n) is 1.50. The van der Waals surface area contributed by atoms with Crippen molar-refractivity contribution < 1.29 is 4.79 Å². The summed E-state index contributed by atoms with van der Waals surface area (Å²) < 4.78 is 0.